The fraction of sp³-hybridized carbons (Fsp3) is 0.333. The van der Waals surface area contributed by atoms with Crippen LogP contribution >= 0.6 is 11.6 Å². The number of hydrogen-bond donors (Lipinski definition) is 2. The van der Waals surface area contributed by atoms with Crippen LogP contribution in [0.25, 0.3) is 11.1 Å². The largest absolute Gasteiger partial charge is 0.487 e. The first kappa shape index (κ1) is 25.4. The molecule has 2 amide bonds. The van der Waals surface area contributed by atoms with Crippen molar-refractivity contribution in [2.45, 2.75) is 43.5 Å². The molecule has 1 aromatic carbocycles. The summed E-state index contributed by atoms with van der Waals surface area (Å²) in [4.78, 5) is 39.0. The van der Waals surface area contributed by atoms with Gasteiger partial charge >= 0.3 is 5.57 Å². The summed E-state index contributed by atoms with van der Waals surface area (Å²) in [7, 11) is 0. The van der Waals surface area contributed by atoms with Gasteiger partial charge in [-0.2, -0.15) is 0 Å². The minimum atomic E-state index is -3.84. The molecular weight excluding hydrogens is 532 g/mol. The Morgan fingerprint density at radius 1 is 1.15 bits per heavy atom. The zero-order valence-corrected chi connectivity index (χ0v) is 21.6. The maximum Gasteiger partial charge on any atom is 0.487 e. The van der Waals surface area contributed by atoms with Gasteiger partial charge in [-0.15, -0.1) is 8.78 Å². The lowest BCUT2D eigenvalue weighted by molar-refractivity contribution is -0.0964. The average molecular weight is 556 g/mol. The lowest BCUT2D eigenvalue weighted by Crippen LogP contribution is -2.60. The van der Waals surface area contributed by atoms with Crippen molar-refractivity contribution in [2.24, 2.45) is 0 Å². The number of hydrogen-bond acceptors (Lipinski definition) is 7. The van der Waals surface area contributed by atoms with Crippen LogP contribution in [0.5, 0.6) is 5.75 Å². The zero-order chi connectivity index (χ0) is 27.5. The maximum absolute atomic E-state index is 13.1. The van der Waals surface area contributed by atoms with Crippen LogP contribution in [0.3, 0.4) is 0 Å². The van der Waals surface area contributed by atoms with Gasteiger partial charge < -0.3 is 25.0 Å². The molecule has 2 aromatic heterocycles. The highest BCUT2D eigenvalue weighted by molar-refractivity contribution is 6.20. The number of nitrogens with zero attached hydrogens (tertiary/aromatic N) is 4. The Morgan fingerprint density at radius 2 is 1.87 bits per heavy atom. The number of aliphatic hydroxyl groups is 1. The quantitative estimate of drug-likeness (QED) is 0.420. The van der Waals surface area contributed by atoms with E-state index < -0.39 is 17.1 Å². The first-order valence-electron chi connectivity index (χ1n) is 12.4. The number of β-amino-alcohol motifs (C(OH)–C–C–N with tert-alkyl or cyclic N) is 1. The van der Waals surface area contributed by atoms with E-state index in [1.807, 2.05) is 9.80 Å². The lowest BCUT2D eigenvalue weighted by Gasteiger charge is -2.45. The monoisotopic (exact) mass is 555 g/mol. The number of rotatable bonds is 7. The molecule has 3 aromatic rings. The van der Waals surface area contributed by atoms with Gasteiger partial charge in [-0.3, -0.25) is 14.6 Å². The van der Waals surface area contributed by atoms with Crippen molar-refractivity contribution in [3.63, 3.8) is 0 Å². The van der Waals surface area contributed by atoms with Crippen LogP contribution in [0.2, 0.25) is 0 Å². The van der Waals surface area contributed by atoms with Gasteiger partial charge in [-0.05, 0) is 56.2 Å². The summed E-state index contributed by atoms with van der Waals surface area (Å²) in [5, 5.41) is 13.0. The molecule has 39 heavy (non-hydrogen) atoms. The van der Waals surface area contributed by atoms with E-state index in [4.69, 9.17) is 11.6 Å². The molecule has 6 rings (SSSR count). The van der Waals surface area contributed by atoms with Crippen molar-refractivity contribution in [3.8, 4) is 16.9 Å². The number of pyridine rings is 2. The molecule has 9 nitrogen and oxygen atoms in total. The third-order valence-corrected chi connectivity index (χ3v) is 6.99. The normalized spacial score (nSPS) is 18.0. The van der Waals surface area contributed by atoms with E-state index >= 15 is 0 Å². The molecule has 2 N–H and O–H groups in total. The summed E-state index contributed by atoms with van der Waals surface area (Å²) in [6.45, 7) is 2.95. The molecule has 0 radical (unpaired) electrons. The van der Waals surface area contributed by atoms with Crippen LogP contribution in [0, 0.1) is 0 Å². The third kappa shape index (κ3) is 5.24. The number of halogens is 3. The second-order valence-corrected chi connectivity index (χ2v) is 10.8. The zero-order valence-electron chi connectivity index (χ0n) is 20.8. The Balaban J connectivity index is 1.29. The third-order valence-electron chi connectivity index (χ3n) is 6.92. The summed E-state index contributed by atoms with van der Waals surface area (Å²) in [6.07, 6.45) is 5.10. The first-order chi connectivity index (χ1) is 18.5. The first-order valence-corrected chi connectivity index (χ1v) is 12.8. The number of ether oxygens (including phenoxy) is 1. The van der Waals surface area contributed by atoms with Crippen molar-refractivity contribution < 1.29 is 28.2 Å². The Kier molecular flexibility index (Phi) is 5.96. The summed E-state index contributed by atoms with van der Waals surface area (Å²) in [5.74, 6) is -0.123. The van der Waals surface area contributed by atoms with Gasteiger partial charge in [0.1, 0.15) is 11.6 Å². The second-order valence-electron chi connectivity index (χ2n) is 10.4. The van der Waals surface area contributed by atoms with E-state index in [2.05, 4.69) is 20.0 Å². The number of nitrogens with one attached hydrogen (secondary N) is 1. The molecule has 0 spiro atoms. The van der Waals surface area contributed by atoms with Gasteiger partial charge in [0.2, 0.25) is 0 Å². The summed E-state index contributed by atoms with van der Waals surface area (Å²) in [5.41, 5.74) is -1.61. The fourth-order valence-corrected chi connectivity index (χ4v) is 5.02. The number of aromatic nitrogens is 2. The van der Waals surface area contributed by atoms with Gasteiger partial charge in [0.05, 0.1) is 29.0 Å². The molecule has 4 heterocycles. The number of carbonyl (C=O) groups excluding carboxylic acids is 2. The maximum atomic E-state index is 13.1. The Hall–Kier alpha value is -3.83. The molecule has 202 valence electrons. The van der Waals surface area contributed by atoms with Crippen molar-refractivity contribution in [1.82, 2.24) is 14.9 Å². The molecule has 0 unspecified atom stereocenters. The Bertz CT molecular complexity index is 1470. The number of amides is 2. The molecule has 0 bridgehead atoms. The Morgan fingerprint density at radius 3 is 2.51 bits per heavy atom. The molecule has 2 fully saturated rings. The molecular formula is C27H24ClF2N5O4. The molecule has 3 aliphatic rings. The second kappa shape index (κ2) is 9.13. The van der Waals surface area contributed by atoms with Gasteiger partial charge in [0.25, 0.3) is 11.8 Å². The van der Waals surface area contributed by atoms with Crippen molar-refractivity contribution in [3.05, 3.63) is 65.6 Å². The van der Waals surface area contributed by atoms with E-state index in [-0.39, 0.29) is 23.3 Å². The van der Waals surface area contributed by atoms with Crippen molar-refractivity contribution in [1.29, 1.82) is 0 Å². The van der Waals surface area contributed by atoms with Crippen LogP contribution < -0.4 is 15.0 Å². The lowest BCUT2D eigenvalue weighted by atomic mass is 9.95. The Labute approximate surface area is 227 Å². The number of alkyl halides is 3. The standard InChI is InChI=1S/C27H24ClF2N5O4/c1-26(38)13-34(14-26)23-20(15-8-21-22(31-10-15)12-35(25(21)37)18-4-5-18)9-16(11-32-23)24(36)33-17-2-6-19(7-3-17)39-27(28,29)30/h2-3,6-11,18,38H,4-5,12-14H2,1H3,(H,33,36). The predicted octanol–water partition coefficient (Wildman–Crippen LogP) is 4.25. The van der Waals surface area contributed by atoms with E-state index in [1.165, 1.54) is 30.5 Å². The smallest absolute Gasteiger partial charge is 0.420 e. The molecule has 12 heteroatoms. The summed E-state index contributed by atoms with van der Waals surface area (Å²) in [6, 6.07) is 9.05. The van der Waals surface area contributed by atoms with Gasteiger partial charge in [-0.25, -0.2) is 4.98 Å². The minimum Gasteiger partial charge on any atom is -0.420 e. The highest BCUT2D eigenvalue weighted by Gasteiger charge is 2.40. The fourth-order valence-electron chi connectivity index (χ4n) is 4.94. The highest BCUT2D eigenvalue weighted by atomic mass is 35.5. The van der Waals surface area contributed by atoms with Crippen LogP contribution in [-0.2, 0) is 6.54 Å². The van der Waals surface area contributed by atoms with Crippen molar-refractivity contribution in [2.75, 3.05) is 23.3 Å². The van der Waals surface area contributed by atoms with E-state index in [1.54, 1.807) is 25.3 Å². The van der Waals surface area contributed by atoms with Gasteiger partial charge in [0.15, 0.2) is 0 Å². The summed E-state index contributed by atoms with van der Waals surface area (Å²) < 4.78 is 30.0. The molecule has 1 aliphatic carbocycles. The molecule has 2 aliphatic heterocycles. The average Bonchev–Trinajstić information content (AvgIpc) is 3.66. The van der Waals surface area contributed by atoms with Crippen molar-refractivity contribution >= 4 is 34.9 Å². The van der Waals surface area contributed by atoms with Crippen LogP contribution in [-0.4, -0.2) is 62.1 Å². The van der Waals surface area contributed by atoms with E-state index in [0.29, 0.717) is 47.8 Å². The summed E-state index contributed by atoms with van der Waals surface area (Å²) >= 11 is 4.79. The minimum absolute atomic E-state index is 0.0449. The number of benzene rings is 1. The van der Waals surface area contributed by atoms with Gasteiger partial charge in [-0.1, -0.05) is 0 Å². The molecule has 0 atom stereocenters. The molecule has 1 saturated carbocycles. The van der Waals surface area contributed by atoms with Crippen LogP contribution in [0.1, 0.15) is 46.2 Å². The SMILES string of the molecule is CC1(O)CN(c2ncc(C(=O)Nc3ccc(OC(F)(F)Cl)cc3)cc2-c2cnc3c(c2)C(=O)N(C2CC2)C3)C1. The highest BCUT2D eigenvalue weighted by Crippen LogP contribution is 2.38. The van der Waals surface area contributed by atoms with E-state index in [0.717, 1.165) is 18.5 Å². The van der Waals surface area contributed by atoms with Gasteiger partial charge in [0, 0.05) is 59.9 Å². The number of anilines is 2. The van der Waals surface area contributed by atoms with Crippen LogP contribution in [0.4, 0.5) is 20.3 Å². The number of carbonyl (C=O) groups is 2. The predicted molar refractivity (Wildman–Crippen MR) is 139 cm³/mol. The van der Waals surface area contributed by atoms with Crippen LogP contribution in [0.15, 0.2) is 48.8 Å². The number of fused-ring (bicyclic) bond motifs is 1. The van der Waals surface area contributed by atoms with E-state index in [9.17, 15) is 23.5 Å². The molecule has 1 saturated heterocycles. The topological polar surface area (TPSA) is 108 Å².